The topological polar surface area (TPSA) is 29.1 Å². The van der Waals surface area contributed by atoms with E-state index < -0.39 is 11.6 Å². The fraction of sp³-hybridized carbons (Fsp3) is 0.0714. The van der Waals surface area contributed by atoms with Gasteiger partial charge in [0.05, 0.1) is 0 Å². The van der Waals surface area contributed by atoms with Crippen molar-refractivity contribution in [3.63, 3.8) is 0 Å². The van der Waals surface area contributed by atoms with Crippen LogP contribution in [0.3, 0.4) is 0 Å². The van der Waals surface area contributed by atoms with Crippen LogP contribution in [0.4, 0.5) is 14.5 Å². The Balaban J connectivity index is 2.03. The van der Waals surface area contributed by atoms with Crippen molar-refractivity contribution >= 4 is 29.0 Å². The molecule has 0 atom stereocenters. The van der Waals surface area contributed by atoms with E-state index in [0.29, 0.717) is 0 Å². The zero-order valence-electron chi connectivity index (χ0n) is 10.1. The molecule has 0 spiro atoms. The number of benzene rings is 1. The second kappa shape index (κ2) is 5.75. The molecule has 19 heavy (non-hydrogen) atoms. The van der Waals surface area contributed by atoms with Crippen LogP contribution in [0.2, 0.25) is 0 Å². The summed E-state index contributed by atoms with van der Waals surface area (Å²) < 4.78 is 25.7. The molecule has 2 nitrogen and oxygen atoms in total. The number of carbonyl (C=O) groups excluding carboxylic acids is 1. The average Bonchev–Trinajstić information content (AvgIpc) is 2.77. The van der Waals surface area contributed by atoms with Crippen LogP contribution < -0.4 is 5.32 Å². The summed E-state index contributed by atoms with van der Waals surface area (Å²) in [7, 11) is 0. The van der Waals surface area contributed by atoms with Gasteiger partial charge in [0.1, 0.15) is 0 Å². The van der Waals surface area contributed by atoms with Crippen molar-refractivity contribution in [3.8, 4) is 0 Å². The maximum atomic E-state index is 12.9. The molecule has 0 aliphatic heterocycles. The smallest absolute Gasteiger partial charge is 0.248 e. The number of nitrogens with one attached hydrogen (secondary N) is 1. The maximum absolute atomic E-state index is 12.9. The Morgan fingerprint density at radius 2 is 2.05 bits per heavy atom. The molecule has 5 heteroatoms. The van der Waals surface area contributed by atoms with Crippen molar-refractivity contribution in [1.82, 2.24) is 0 Å². The largest absolute Gasteiger partial charge is 0.322 e. The summed E-state index contributed by atoms with van der Waals surface area (Å²) >= 11 is 1.53. The SMILES string of the molecule is Cc1ccsc1/C=C/C(=O)Nc1ccc(F)c(F)c1. The lowest BCUT2D eigenvalue weighted by atomic mass is 10.2. The number of amides is 1. The lowest BCUT2D eigenvalue weighted by Gasteiger charge is -2.02. The Hall–Kier alpha value is -2.01. The van der Waals surface area contributed by atoms with Gasteiger partial charge in [-0.3, -0.25) is 4.79 Å². The van der Waals surface area contributed by atoms with Crippen LogP contribution in [-0.2, 0) is 4.79 Å². The van der Waals surface area contributed by atoms with Crippen LogP contribution in [0.5, 0.6) is 0 Å². The molecular formula is C14H11F2NOS. The maximum Gasteiger partial charge on any atom is 0.248 e. The van der Waals surface area contributed by atoms with Crippen molar-refractivity contribution in [3.05, 3.63) is 57.8 Å². The minimum atomic E-state index is -0.990. The number of halogens is 2. The molecule has 0 aliphatic carbocycles. The first-order valence-electron chi connectivity index (χ1n) is 5.54. The molecule has 0 saturated heterocycles. The van der Waals surface area contributed by atoms with Crippen LogP contribution in [0.1, 0.15) is 10.4 Å². The third kappa shape index (κ3) is 3.48. The molecule has 0 radical (unpaired) electrons. The molecule has 1 heterocycles. The number of rotatable bonds is 3. The van der Waals surface area contributed by atoms with Gasteiger partial charge in [-0.15, -0.1) is 11.3 Å². The van der Waals surface area contributed by atoms with Gasteiger partial charge in [0.2, 0.25) is 5.91 Å². The molecule has 0 unspecified atom stereocenters. The molecule has 1 N–H and O–H groups in total. The Morgan fingerprint density at radius 1 is 1.26 bits per heavy atom. The minimum Gasteiger partial charge on any atom is -0.322 e. The summed E-state index contributed by atoms with van der Waals surface area (Å²) in [6, 6.07) is 5.17. The molecule has 1 aromatic carbocycles. The zero-order chi connectivity index (χ0) is 13.8. The van der Waals surface area contributed by atoms with Crippen molar-refractivity contribution in [1.29, 1.82) is 0 Å². The normalized spacial score (nSPS) is 10.9. The Labute approximate surface area is 113 Å². The first kappa shape index (κ1) is 13.4. The second-order valence-corrected chi connectivity index (χ2v) is 4.87. The van der Waals surface area contributed by atoms with E-state index in [2.05, 4.69) is 5.32 Å². The number of hydrogen-bond donors (Lipinski definition) is 1. The van der Waals surface area contributed by atoms with Gasteiger partial charge >= 0.3 is 0 Å². The first-order valence-corrected chi connectivity index (χ1v) is 6.42. The molecule has 0 saturated carbocycles. The van der Waals surface area contributed by atoms with E-state index in [-0.39, 0.29) is 11.6 Å². The van der Waals surface area contributed by atoms with Gasteiger partial charge in [0, 0.05) is 22.7 Å². The fourth-order valence-electron chi connectivity index (χ4n) is 1.46. The van der Waals surface area contributed by atoms with Gasteiger partial charge in [-0.25, -0.2) is 8.78 Å². The van der Waals surface area contributed by atoms with Crippen molar-refractivity contribution in [2.24, 2.45) is 0 Å². The van der Waals surface area contributed by atoms with E-state index in [4.69, 9.17) is 0 Å². The van der Waals surface area contributed by atoms with Crippen molar-refractivity contribution < 1.29 is 13.6 Å². The number of anilines is 1. The van der Waals surface area contributed by atoms with Crippen LogP contribution in [0, 0.1) is 18.6 Å². The van der Waals surface area contributed by atoms with Crippen LogP contribution in [0.15, 0.2) is 35.7 Å². The quantitative estimate of drug-likeness (QED) is 0.846. The molecule has 1 aromatic heterocycles. The van der Waals surface area contributed by atoms with E-state index in [1.54, 1.807) is 6.08 Å². The molecule has 0 aliphatic rings. The molecular weight excluding hydrogens is 268 g/mol. The van der Waals surface area contributed by atoms with E-state index in [9.17, 15) is 13.6 Å². The van der Waals surface area contributed by atoms with Crippen LogP contribution >= 0.6 is 11.3 Å². The predicted octanol–water partition coefficient (Wildman–Crippen LogP) is 3.99. The summed E-state index contributed by atoms with van der Waals surface area (Å²) in [5.74, 6) is -2.32. The number of carbonyl (C=O) groups is 1. The van der Waals surface area contributed by atoms with Crippen molar-refractivity contribution in [2.45, 2.75) is 6.92 Å². The molecule has 98 valence electrons. The number of hydrogen-bond acceptors (Lipinski definition) is 2. The van der Waals surface area contributed by atoms with E-state index >= 15 is 0 Å². The summed E-state index contributed by atoms with van der Waals surface area (Å²) in [4.78, 5) is 12.6. The monoisotopic (exact) mass is 279 g/mol. The molecule has 0 bridgehead atoms. The molecule has 2 rings (SSSR count). The highest BCUT2D eigenvalue weighted by Crippen LogP contribution is 2.17. The standard InChI is InChI=1S/C14H11F2NOS/c1-9-6-7-19-13(9)4-5-14(18)17-10-2-3-11(15)12(16)8-10/h2-8H,1H3,(H,17,18)/b5-4+. The van der Waals surface area contributed by atoms with Gasteiger partial charge in [-0.1, -0.05) is 0 Å². The van der Waals surface area contributed by atoms with Gasteiger partial charge < -0.3 is 5.32 Å². The highest BCUT2D eigenvalue weighted by atomic mass is 32.1. The summed E-state index contributed by atoms with van der Waals surface area (Å²) in [5.41, 5.74) is 1.30. The molecule has 2 aromatic rings. The lowest BCUT2D eigenvalue weighted by Crippen LogP contribution is -2.08. The van der Waals surface area contributed by atoms with Crippen molar-refractivity contribution in [2.75, 3.05) is 5.32 Å². The summed E-state index contributed by atoms with van der Waals surface area (Å²) in [5, 5.41) is 4.40. The highest BCUT2D eigenvalue weighted by Gasteiger charge is 2.04. The lowest BCUT2D eigenvalue weighted by molar-refractivity contribution is -0.111. The third-order valence-electron chi connectivity index (χ3n) is 2.47. The Bertz CT molecular complexity index is 634. The highest BCUT2D eigenvalue weighted by molar-refractivity contribution is 7.11. The molecule has 1 amide bonds. The fourth-order valence-corrected chi connectivity index (χ4v) is 2.28. The van der Waals surface area contributed by atoms with Gasteiger partial charge in [-0.2, -0.15) is 0 Å². The Kier molecular flexibility index (Phi) is 4.06. The average molecular weight is 279 g/mol. The molecule has 0 fully saturated rings. The first-order chi connectivity index (χ1) is 9.06. The van der Waals surface area contributed by atoms with Crippen LogP contribution in [0.25, 0.3) is 6.08 Å². The second-order valence-electron chi connectivity index (χ2n) is 3.92. The summed E-state index contributed by atoms with van der Waals surface area (Å²) in [6.45, 7) is 1.95. The van der Waals surface area contributed by atoms with Gasteiger partial charge in [0.15, 0.2) is 11.6 Å². The van der Waals surface area contributed by atoms with Crippen LogP contribution in [-0.4, -0.2) is 5.91 Å². The van der Waals surface area contributed by atoms with E-state index in [1.807, 2.05) is 18.4 Å². The Morgan fingerprint density at radius 3 is 2.68 bits per heavy atom. The number of aryl methyl sites for hydroxylation is 1. The zero-order valence-corrected chi connectivity index (χ0v) is 10.9. The van der Waals surface area contributed by atoms with Gasteiger partial charge in [0.25, 0.3) is 0 Å². The van der Waals surface area contributed by atoms with E-state index in [1.165, 1.54) is 23.5 Å². The van der Waals surface area contributed by atoms with E-state index in [0.717, 1.165) is 22.6 Å². The van der Waals surface area contributed by atoms with Gasteiger partial charge in [-0.05, 0) is 42.1 Å². The minimum absolute atomic E-state index is 0.219. The predicted molar refractivity (Wildman–Crippen MR) is 73.1 cm³/mol. The number of thiophene rings is 1. The summed E-state index contributed by atoms with van der Waals surface area (Å²) in [6.07, 6.45) is 3.05. The third-order valence-corrected chi connectivity index (χ3v) is 3.46.